The standard InChI is InChI=1S/C19H20FN4O6P.2Na/c1-10-6-13-14(23-10)4-5-15(17(13)20)29-19-18-12(3)16(7-24(18)22-9-21-19)28-8-11(2)30-31(25,26)27;;/h4-7,9,11,23H,8H2,1-3H3,(H2,25,26,27);;/q;2*+1/p-2/t11-;;/m1../s1. The number of H-pyrrole nitrogens is 1. The molecule has 0 saturated carbocycles. The Kier molecular flexibility index (Phi) is 9.57. The van der Waals surface area contributed by atoms with Gasteiger partial charge in [0.1, 0.15) is 24.2 Å². The van der Waals surface area contributed by atoms with Crippen LogP contribution < -0.4 is 78.4 Å². The Morgan fingerprint density at radius 2 is 1.97 bits per heavy atom. The fourth-order valence-electron chi connectivity index (χ4n) is 3.25. The molecule has 0 bridgehead atoms. The van der Waals surface area contributed by atoms with E-state index in [0.29, 0.717) is 27.7 Å². The van der Waals surface area contributed by atoms with Gasteiger partial charge in [0.15, 0.2) is 11.6 Å². The van der Waals surface area contributed by atoms with Gasteiger partial charge in [0, 0.05) is 22.2 Å². The zero-order chi connectivity index (χ0) is 22.3. The van der Waals surface area contributed by atoms with E-state index in [9.17, 15) is 18.7 Å². The van der Waals surface area contributed by atoms with E-state index in [-0.39, 0.29) is 77.4 Å². The summed E-state index contributed by atoms with van der Waals surface area (Å²) in [4.78, 5) is 28.6. The van der Waals surface area contributed by atoms with E-state index in [2.05, 4.69) is 19.6 Å². The van der Waals surface area contributed by atoms with Crippen LogP contribution >= 0.6 is 7.82 Å². The summed E-state index contributed by atoms with van der Waals surface area (Å²) in [5, 5.41) is 4.50. The summed E-state index contributed by atoms with van der Waals surface area (Å²) < 4.78 is 42.7. The van der Waals surface area contributed by atoms with Crippen LogP contribution in [0.4, 0.5) is 4.39 Å². The van der Waals surface area contributed by atoms with Crippen molar-refractivity contribution in [2.75, 3.05) is 6.61 Å². The Morgan fingerprint density at radius 3 is 2.67 bits per heavy atom. The van der Waals surface area contributed by atoms with Crippen molar-refractivity contribution in [2.24, 2.45) is 0 Å². The largest absolute Gasteiger partial charge is 1.00 e. The molecular weight excluding hydrogens is 476 g/mol. The number of aromatic nitrogens is 4. The first kappa shape index (κ1) is 28.3. The third-order valence-electron chi connectivity index (χ3n) is 4.57. The first-order valence-corrected chi connectivity index (χ1v) is 10.7. The summed E-state index contributed by atoms with van der Waals surface area (Å²) in [6.45, 7) is 4.75. The normalized spacial score (nSPS) is 12.3. The molecular formula is C19H18FN4Na2O6P. The second-order valence-electron chi connectivity index (χ2n) is 7.04. The number of benzene rings is 1. The molecule has 0 aliphatic heterocycles. The van der Waals surface area contributed by atoms with Crippen LogP contribution in [-0.4, -0.2) is 32.3 Å². The van der Waals surface area contributed by atoms with Crippen LogP contribution in [-0.2, 0) is 9.09 Å². The fraction of sp³-hybridized carbons (Fsp3) is 0.263. The fourth-order valence-corrected chi connectivity index (χ4v) is 3.76. The van der Waals surface area contributed by atoms with Gasteiger partial charge in [0.05, 0.1) is 20.1 Å². The van der Waals surface area contributed by atoms with Gasteiger partial charge in [-0.3, -0.25) is 0 Å². The molecule has 1 N–H and O–H groups in total. The quantitative estimate of drug-likeness (QED) is 0.206. The molecule has 0 fully saturated rings. The molecule has 0 amide bonds. The van der Waals surface area contributed by atoms with E-state index >= 15 is 0 Å². The van der Waals surface area contributed by atoms with Crippen molar-refractivity contribution >= 4 is 24.2 Å². The van der Waals surface area contributed by atoms with E-state index < -0.39 is 19.7 Å². The number of phosphoric ester groups is 1. The second kappa shape index (κ2) is 11.2. The SMILES string of the molecule is Cc1cc2c(F)c(Oc3ncnn4cc(OC[C@@H](C)OP(=O)([O-])[O-])c(C)c34)ccc2[nH]1.[Na+].[Na+]. The molecule has 4 rings (SSSR count). The van der Waals surface area contributed by atoms with Gasteiger partial charge < -0.3 is 33.3 Å². The van der Waals surface area contributed by atoms with Crippen molar-refractivity contribution < 1.29 is 91.9 Å². The Morgan fingerprint density at radius 1 is 1.24 bits per heavy atom. The minimum Gasteiger partial charge on any atom is -0.790 e. The number of fused-ring (bicyclic) bond motifs is 2. The number of halogens is 1. The molecule has 0 aliphatic carbocycles. The van der Waals surface area contributed by atoms with Crippen molar-refractivity contribution in [1.82, 2.24) is 19.6 Å². The number of aromatic amines is 1. The summed E-state index contributed by atoms with van der Waals surface area (Å²) >= 11 is 0. The minimum absolute atomic E-state index is 0. The molecule has 1 aromatic carbocycles. The van der Waals surface area contributed by atoms with Gasteiger partial charge in [-0.25, -0.2) is 8.91 Å². The van der Waals surface area contributed by atoms with Crippen molar-refractivity contribution in [2.45, 2.75) is 26.9 Å². The van der Waals surface area contributed by atoms with Crippen molar-refractivity contribution in [1.29, 1.82) is 0 Å². The molecule has 0 radical (unpaired) electrons. The van der Waals surface area contributed by atoms with Gasteiger partial charge in [0.2, 0.25) is 5.88 Å². The van der Waals surface area contributed by atoms with Gasteiger partial charge in [-0.05, 0) is 39.0 Å². The topological polar surface area (TPSA) is 137 Å². The number of ether oxygens (including phenoxy) is 2. The molecule has 0 unspecified atom stereocenters. The van der Waals surface area contributed by atoms with Crippen LogP contribution in [0.3, 0.4) is 0 Å². The summed E-state index contributed by atoms with van der Waals surface area (Å²) in [5.74, 6) is -0.0610. The molecule has 1 atom stereocenters. The first-order valence-electron chi connectivity index (χ1n) is 9.24. The molecule has 0 spiro atoms. The third-order valence-corrected chi connectivity index (χ3v) is 5.19. The average Bonchev–Trinajstić information content (AvgIpc) is 3.21. The molecule has 4 aromatic rings. The molecule has 10 nitrogen and oxygen atoms in total. The van der Waals surface area contributed by atoms with E-state index in [1.165, 1.54) is 30.0 Å². The van der Waals surface area contributed by atoms with E-state index in [4.69, 9.17) is 9.47 Å². The summed E-state index contributed by atoms with van der Waals surface area (Å²) in [5.41, 5.74) is 2.49. The first-order chi connectivity index (χ1) is 14.6. The maximum atomic E-state index is 14.9. The van der Waals surface area contributed by atoms with Crippen molar-refractivity contribution in [3.05, 3.63) is 47.8 Å². The molecule has 164 valence electrons. The van der Waals surface area contributed by atoms with E-state index in [0.717, 1.165) is 5.69 Å². The number of nitrogens with zero attached hydrogens (tertiary/aromatic N) is 3. The van der Waals surface area contributed by atoms with Gasteiger partial charge in [-0.1, -0.05) is 0 Å². The Bertz CT molecular complexity index is 1320. The predicted octanol–water partition coefficient (Wildman–Crippen LogP) is -3.62. The van der Waals surface area contributed by atoms with Crippen LogP contribution in [0.2, 0.25) is 0 Å². The van der Waals surface area contributed by atoms with Gasteiger partial charge in [-0.15, -0.1) is 0 Å². The van der Waals surface area contributed by atoms with Crippen LogP contribution in [0.15, 0.2) is 30.7 Å². The summed E-state index contributed by atoms with van der Waals surface area (Å²) in [7, 11) is -5.12. The van der Waals surface area contributed by atoms with Crippen molar-refractivity contribution in [3.8, 4) is 17.4 Å². The average molecular weight is 494 g/mol. The number of hydrogen-bond donors (Lipinski definition) is 1. The van der Waals surface area contributed by atoms with Gasteiger partial charge in [-0.2, -0.15) is 10.1 Å². The smallest absolute Gasteiger partial charge is 0.790 e. The van der Waals surface area contributed by atoms with Crippen LogP contribution in [0.1, 0.15) is 18.2 Å². The number of hydrogen-bond acceptors (Lipinski definition) is 8. The molecule has 14 heteroatoms. The minimum atomic E-state index is -5.12. The number of phosphoric acid groups is 1. The zero-order valence-corrected chi connectivity index (χ0v) is 23.7. The maximum absolute atomic E-state index is 14.9. The molecule has 3 heterocycles. The van der Waals surface area contributed by atoms with E-state index in [1.807, 2.05) is 6.92 Å². The van der Waals surface area contributed by atoms with Crippen LogP contribution in [0.25, 0.3) is 16.4 Å². The Labute approximate surface area is 232 Å². The monoisotopic (exact) mass is 494 g/mol. The molecule has 0 saturated heterocycles. The molecule has 3 aromatic heterocycles. The third kappa shape index (κ3) is 6.37. The van der Waals surface area contributed by atoms with Gasteiger partial charge in [0.25, 0.3) is 0 Å². The number of rotatable bonds is 7. The van der Waals surface area contributed by atoms with E-state index in [1.54, 1.807) is 19.1 Å². The van der Waals surface area contributed by atoms with Crippen molar-refractivity contribution in [3.63, 3.8) is 0 Å². The van der Waals surface area contributed by atoms with Gasteiger partial charge >= 0.3 is 59.1 Å². The Hall–Kier alpha value is -0.980. The number of nitrogens with one attached hydrogen (secondary N) is 1. The summed E-state index contributed by atoms with van der Waals surface area (Å²) in [6.07, 6.45) is 1.81. The zero-order valence-electron chi connectivity index (χ0n) is 18.8. The van der Waals surface area contributed by atoms with Crippen LogP contribution in [0, 0.1) is 19.7 Å². The summed E-state index contributed by atoms with van der Waals surface area (Å²) in [6, 6.07) is 4.91. The Balaban J connectivity index is 0.00000193. The number of aryl methyl sites for hydroxylation is 2. The molecule has 0 aliphatic rings. The maximum Gasteiger partial charge on any atom is 1.00 e. The second-order valence-corrected chi connectivity index (χ2v) is 8.15. The predicted molar refractivity (Wildman–Crippen MR) is 104 cm³/mol. The molecule has 33 heavy (non-hydrogen) atoms. The van der Waals surface area contributed by atoms with Crippen LogP contribution in [0.5, 0.6) is 17.4 Å².